The van der Waals surface area contributed by atoms with Gasteiger partial charge in [-0.1, -0.05) is 29.8 Å². The lowest BCUT2D eigenvalue weighted by Gasteiger charge is -2.46. The second-order valence-corrected chi connectivity index (χ2v) is 9.99. The summed E-state index contributed by atoms with van der Waals surface area (Å²) in [4.78, 5) is 33.3. The molecule has 1 aromatic heterocycles. The lowest BCUT2D eigenvalue weighted by atomic mass is 9.61. The van der Waals surface area contributed by atoms with E-state index >= 15 is 0 Å². The average Bonchev–Trinajstić information content (AvgIpc) is 3.00. The number of ketones is 1. The van der Waals surface area contributed by atoms with Crippen LogP contribution in [0.4, 0.5) is 11.4 Å². The molecule has 5 rings (SSSR count). The van der Waals surface area contributed by atoms with Crippen molar-refractivity contribution < 1.29 is 9.59 Å². The number of carbonyl (C=O) groups excluding carboxylic acids is 2. The molecule has 1 atom stereocenters. The number of hydrogen-bond acceptors (Lipinski definition) is 6. The molecule has 1 aliphatic carbocycles. The third kappa shape index (κ3) is 2.61. The number of rotatable bonds is 1. The van der Waals surface area contributed by atoms with Crippen LogP contribution in [0.15, 0.2) is 69.9 Å². The van der Waals surface area contributed by atoms with Crippen LogP contribution in [0.1, 0.15) is 32.3 Å². The van der Waals surface area contributed by atoms with Crippen molar-refractivity contribution in [3.05, 3.63) is 75.4 Å². The van der Waals surface area contributed by atoms with E-state index in [1.807, 2.05) is 26.0 Å². The number of hydrogen-bond donors (Lipinski definition) is 2. The summed E-state index contributed by atoms with van der Waals surface area (Å²) in [6, 6.07) is 11.1. The van der Waals surface area contributed by atoms with Crippen LogP contribution in [0.3, 0.4) is 0 Å². The minimum absolute atomic E-state index is 0.0440. The van der Waals surface area contributed by atoms with Crippen molar-refractivity contribution >= 4 is 39.0 Å². The van der Waals surface area contributed by atoms with E-state index in [-0.39, 0.29) is 29.0 Å². The molecule has 1 unspecified atom stereocenters. The van der Waals surface area contributed by atoms with Crippen LogP contribution in [0.2, 0.25) is 0 Å². The summed E-state index contributed by atoms with van der Waals surface area (Å²) in [6.07, 6.45) is 4.06. The monoisotopic (exact) mass is 489 g/mol. The summed E-state index contributed by atoms with van der Waals surface area (Å²) in [7, 11) is 0. The number of amides is 1. The highest BCUT2D eigenvalue weighted by Gasteiger charge is 2.61. The van der Waals surface area contributed by atoms with Gasteiger partial charge in [0.25, 0.3) is 0 Å². The first-order valence-corrected chi connectivity index (χ1v) is 11.0. The number of aromatic nitrogens is 1. The Morgan fingerprint density at radius 1 is 1.25 bits per heavy atom. The highest BCUT2D eigenvalue weighted by molar-refractivity contribution is 9.10. The second-order valence-electron chi connectivity index (χ2n) is 9.08. The van der Waals surface area contributed by atoms with E-state index in [2.05, 4.69) is 32.3 Å². The predicted octanol–water partition coefficient (Wildman–Crippen LogP) is 3.89. The molecule has 0 saturated carbocycles. The molecule has 3 N–H and O–H groups in total. The number of nitrogens with two attached hydrogens (primary N) is 1. The molecule has 2 aromatic rings. The fraction of sp³-hybridized carbons (Fsp3) is 0.250. The quantitative estimate of drug-likeness (QED) is 0.628. The van der Waals surface area contributed by atoms with Crippen LogP contribution in [0.25, 0.3) is 0 Å². The summed E-state index contributed by atoms with van der Waals surface area (Å²) in [6.45, 7) is 4.03. The van der Waals surface area contributed by atoms with Crippen molar-refractivity contribution in [2.45, 2.75) is 32.1 Å². The van der Waals surface area contributed by atoms with Gasteiger partial charge in [0.05, 0.1) is 17.5 Å². The van der Waals surface area contributed by atoms with Crippen molar-refractivity contribution in [3.63, 3.8) is 0 Å². The van der Waals surface area contributed by atoms with Crippen molar-refractivity contribution in [2.24, 2.45) is 11.1 Å². The number of fused-ring (bicyclic) bond motifs is 3. The molecule has 1 amide bonds. The Bertz CT molecular complexity index is 1310. The van der Waals surface area contributed by atoms with Crippen molar-refractivity contribution in [3.8, 4) is 6.07 Å². The first-order valence-electron chi connectivity index (χ1n) is 10.2. The molecule has 32 heavy (non-hydrogen) atoms. The fourth-order valence-electron chi connectivity index (χ4n) is 5.17. The Morgan fingerprint density at radius 3 is 2.72 bits per heavy atom. The maximum atomic E-state index is 13.7. The SMILES string of the molecule is CC1(C)CC(=O)C2=C(C1)N(c1cccnc1)C(N)=C(C#N)C21C(=O)Nc2ccc(Br)cc21. The van der Waals surface area contributed by atoms with E-state index in [1.54, 1.807) is 35.5 Å². The van der Waals surface area contributed by atoms with E-state index in [0.29, 0.717) is 34.6 Å². The lowest BCUT2D eigenvalue weighted by molar-refractivity contribution is -0.123. The van der Waals surface area contributed by atoms with E-state index in [0.717, 1.165) is 4.47 Å². The first-order chi connectivity index (χ1) is 15.2. The summed E-state index contributed by atoms with van der Waals surface area (Å²) < 4.78 is 0.739. The molecule has 3 aliphatic rings. The molecule has 0 fully saturated rings. The van der Waals surface area contributed by atoms with Gasteiger partial charge in [0.1, 0.15) is 17.3 Å². The summed E-state index contributed by atoms with van der Waals surface area (Å²) >= 11 is 3.47. The number of halogens is 1. The zero-order chi connectivity index (χ0) is 22.8. The Balaban J connectivity index is 1.92. The largest absolute Gasteiger partial charge is 0.384 e. The normalized spacial score (nSPS) is 23.8. The van der Waals surface area contributed by atoms with Crippen molar-refractivity contribution in [1.29, 1.82) is 5.26 Å². The van der Waals surface area contributed by atoms with E-state index in [4.69, 9.17) is 5.73 Å². The molecule has 0 radical (unpaired) electrons. The van der Waals surface area contributed by atoms with Gasteiger partial charge >= 0.3 is 0 Å². The number of carbonyl (C=O) groups is 2. The number of nitriles is 1. The summed E-state index contributed by atoms with van der Waals surface area (Å²) in [5, 5.41) is 13.2. The highest BCUT2D eigenvalue weighted by atomic mass is 79.9. The van der Waals surface area contributed by atoms with Gasteiger partial charge in [0.15, 0.2) is 5.78 Å². The van der Waals surface area contributed by atoms with Crippen molar-refractivity contribution in [2.75, 3.05) is 10.2 Å². The van der Waals surface area contributed by atoms with E-state index < -0.39 is 11.3 Å². The Morgan fingerprint density at radius 2 is 2.03 bits per heavy atom. The van der Waals surface area contributed by atoms with E-state index in [1.165, 1.54) is 0 Å². The average molecular weight is 490 g/mol. The number of anilines is 2. The summed E-state index contributed by atoms with van der Waals surface area (Å²) in [5.41, 5.74) is 7.48. The molecule has 8 heteroatoms. The molecule has 1 spiro atoms. The van der Waals surface area contributed by atoms with Gasteiger partial charge < -0.3 is 11.1 Å². The Labute approximate surface area is 193 Å². The molecular weight excluding hydrogens is 470 g/mol. The molecule has 0 saturated heterocycles. The zero-order valence-corrected chi connectivity index (χ0v) is 19.2. The minimum atomic E-state index is -1.58. The van der Waals surface area contributed by atoms with Gasteiger partial charge in [-0.3, -0.25) is 19.5 Å². The van der Waals surface area contributed by atoms with Gasteiger partial charge in [-0.15, -0.1) is 0 Å². The second kappa shape index (κ2) is 6.78. The number of pyridine rings is 1. The maximum Gasteiger partial charge on any atom is 0.245 e. The smallest absolute Gasteiger partial charge is 0.245 e. The molecule has 3 heterocycles. The predicted molar refractivity (Wildman–Crippen MR) is 123 cm³/mol. The Kier molecular flexibility index (Phi) is 4.33. The summed E-state index contributed by atoms with van der Waals surface area (Å²) in [5.74, 6) is -0.461. The van der Waals surface area contributed by atoms with Crippen LogP contribution in [-0.4, -0.2) is 16.7 Å². The third-order valence-corrected chi connectivity index (χ3v) is 6.85. The molecular formula is C24H20BrN5O2. The first kappa shape index (κ1) is 20.5. The van der Waals surface area contributed by atoms with Crippen molar-refractivity contribution in [1.82, 2.24) is 4.98 Å². The number of nitrogens with one attached hydrogen (secondary N) is 1. The number of Topliss-reactive ketones (excluding diaryl/α,β-unsaturated/α-hetero) is 1. The van der Waals surface area contributed by atoms with Gasteiger partial charge in [-0.05, 0) is 42.2 Å². The van der Waals surface area contributed by atoms with Crippen LogP contribution in [0, 0.1) is 16.7 Å². The topological polar surface area (TPSA) is 112 Å². The van der Waals surface area contributed by atoms with Gasteiger partial charge in [0, 0.05) is 39.6 Å². The highest BCUT2D eigenvalue weighted by Crippen LogP contribution is 2.57. The maximum absolute atomic E-state index is 13.7. The zero-order valence-electron chi connectivity index (χ0n) is 17.6. The van der Waals surface area contributed by atoms with Crippen LogP contribution < -0.4 is 16.0 Å². The molecule has 7 nitrogen and oxygen atoms in total. The lowest BCUT2D eigenvalue weighted by Crippen LogP contribution is -2.52. The number of benzene rings is 1. The van der Waals surface area contributed by atoms with Crippen LogP contribution in [-0.2, 0) is 15.0 Å². The molecule has 2 aliphatic heterocycles. The van der Waals surface area contributed by atoms with Gasteiger partial charge in [0.2, 0.25) is 5.91 Å². The molecule has 0 bridgehead atoms. The fourth-order valence-corrected chi connectivity index (χ4v) is 5.53. The number of allylic oxidation sites excluding steroid dienone is 1. The Hall–Kier alpha value is -3.44. The number of nitrogens with zero attached hydrogens (tertiary/aromatic N) is 3. The van der Waals surface area contributed by atoms with Crippen LogP contribution >= 0.6 is 15.9 Å². The third-order valence-electron chi connectivity index (χ3n) is 6.36. The molecule has 160 valence electrons. The minimum Gasteiger partial charge on any atom is -0.384 e. The van der Waals surface area contributed by atoms with E-state index in [9.17, 15) is 14.9 Å². The molecule has 1 aromatic carbocycles. The van der Waals surface area contributed by atoms with Gasteiger partial charge in [-0.25, -0.2) is 0 Å². The standard InChI is InChI=1S/C24H20BrN5O2/c1-23(2)9-18-20(19(31)10-23)24(15-8-13(25)5-6-17(15)29-22(24)32)16(11-26)21(27)30(18)14-4-3-7-28-12-14/h3-8,12H,9-10,27H2,1-2H3,(H,29,32). The van der Waals surface area contributed by atoms with Gasteiger partial charge in [-0.2, -0.15) is 5.26 Å². The van der Waals surface area contributed by atoms with Crippen LogP contribution in [0.5, 0.6) is 0 Å².